The zero-order valence-electron chi connectivity index (χ0n) is 11.2. The fourth-order valence-corrected chi connectivity index (χ4v) is 2.91. The fraction of sp³-hybridized carbons (Fsp3) is 0.769. The summed E-state index contributed by atoms with van der Waals surface area (Å²) in [5.74, 6) is 0. The maximum Gasteiger partial charge on any atom is 0.0850 e. The zero-order chi connectivity index (χ0) is 13.2. The van der Waals surface area contributed by atoms with E-state index in [2.05, 4.69) is 12.0 Å². The molecule has 2 N–H and O–H groups in total. The van der Waals surface area contributed by atoms with Crippen LogP contribution in [0.1, 0.15) is 37.6 Å². The average Bonchev–Trinajstić information content (AvgIpc) is 2.54. The van der Waals surface area contributed by atoms with E-state index < -0.39 is 0 Å². The van der Waals surface area contributed by atoms with Crippen LogP contribution in [0.3, 0.4) is 0 Å². The first-order valence-electron chi connectivity index (χ1n) is 6.62. The smallest absolute Gasteiger partial charge is 0.0850 e. The molecule has 1 aliphatic rings. The number of rotatable bonds is 3. The van der Waals surface area contributed by atoms with Crippen LogP contribution in [0, 0.1) is 0 Å². The summed E-state index contributed by atoms with van der Waals surface area (Å²) in [4.78, 5) is 0. The quantitative estimate of drug-likeness (QED) is 0.916. The van der Waals surface area contributed by atoms with Gasteiger partial charge in [0, 0.05) is 32.2 Å². The fourth-order valence-electron chi connectivity index (χ4n) is 2.55. The third-order valence-corrected chi connectivity index (χ3v) is 4.17. The summed E-state index contributed by atoms with van der Waals surface area (Å²) in [6, 6.07) is 0. The second kappa shape index (κ2) is 5.59. The predicted octanol–water partition coefficient (Wildman–Crippen LogP) is 2.08. The summed E-state index contributed by atoms with van der Waals surface area (Å²) in [6.07, 6.45) is 4.52. The minimum absolute atomic E-state index is 0.209. The summed E-state index contributed by atoms with van der Waals surface area (Å²) in [5, 5.41) is 5.23. The Bertz CT molecular complexity index is 409. The summed E-state index contributed by atoms with van der Waals surface area (Å²) < 4.78 is 7.36. The van der Waals surface area contributed by atoms with E-state index in [1.165, 1.54) is 0 Å². The van der Waals surface area contributed by atoms with Gasteiger partial charge in [0.25, 0.3) is 0 Å². The van der Waals surface area contributed by atoms with Crippen molar-refractivity contribution in [2.24, 2.45) is 12.8 Å². The van der Waals surface area contributed by atoms with Gasteiger partial charge in [0.2, 0.25) is 0 Å². The Labute approximate surface area is 113 Å². The third-order valence-electron chi connectivity index (χ3n) is 3.73. The van der Waals surface area contributed by atoms with E-state index in [-0.39, 0.29) is 5.54 Å². The van der Waals surface area contributed by atoms with Gasteiger partial charge >= 0.3 is 0 Å². The van der Waals surface area contributed by atoms with E-state index in [4.69, 9.17) is 22.1 Å². The van der Waals surface area contributed by atoms with Crippen molar-refractivity contribution >= 4 is 11.6 Å². The molecule has 1 aromatic rings. The van der Waals surface area contributed by atoms with Gasteiger partial charge in [0.1, 0.15) is 0 Å². The van der Waals surface area contributed by atoms with Crippen molar-refractivity contribution in [2.45, 2.75) is 44.6 Å². The molecule has 1 fully saturated rings. The van der Waals surface area contributed by atoms with Gasteiger partial charge in [-0.3, -0.25) is 4.68 Å². The molecule has 4 nitrogen and oxygen atoms in total. The number of nitrogens with zero attached hydrogens (tertiary/aromatic N) is 2. The molecule has 1 unspecified atom stereocenters. The molecule has 0 aromatic carbocycles. The number of ether oxygens (including phenoxy) is 1. The van der Waals surface area contributed by atoms with Crippen molar-refractivity contribution in [1.82, 2.24) is 9.78 Å². The van der Waals surface area contributed by atoms with E-state index in [1.807, 2.05) is 11.7 Å². The second-order valence-electron chi connectivity index (χ2n) is 5.19. The molecule has 18 heavy (non-hydrogen) atoms. The molecule has 0 bridgehead atoms. The van der Waals surface area contributed by atoms with E-state index in [1.54, 1.807) is 0 Å². The van der Waals surface area contributed by atoms with Crippen molar-refractivity contribution in [3.63, 3.8) is 0 Å². The number of halogens is 1. The zero-order valence-corrected chi connectivity index (χ0v) is 12.0. The normalized spacial score (nSPS) is 25.1. The first-order chi connectivity index (χ1) is 8.56. The molecule has 102 valence electrons. The number of hydrogen-bond acceptors (Lipinski definition) is 3. The summed E-state index contributed by atoms with van der Waals surface area (Å²) in [5.41, 5.74) is 8.30. The highest BCUT2D eigenvalue weighted by molar-refractivity contribution is 6.31. The molecule has 0 spiro atoms. The van der Waals surface area contributed by atoms with Crippen molar-refractivity contribution in [3.05, 3.63) is 16.4 Å². The third kappa shape index (κ3) is 2.87. The van der Waals surface area contributed by atoms with Gasteiger partial charge in [-0.15, -0.1) is 0 Å². The van der Waals surface area contributed by atoms with E-state index in [0.717, 1.165) is 61.7 Å². The molecule has 0 amide bonds. The molecule has 1 atom stereocenters. The number of aryl methyl sites for hydroxylation is 2. The van der Waals surface area contributed by atoms with Crippen molar-refractivity contribution in [3.8, 4) is 0 Å². The highest BCUT2D eigenvalue weighted by Gasteiger charge is 2.29. The molecular weight excluding hydrogens is 250 g/mol. The summed E-state index contributed by atoms with van der Waals surface area (Å²) in [6.45, 7) is 3.63. The number of hydrogen-bond donors (Lipinski definition) is 1. The molecule has 2 heterocycles. The Kier molecular flexibility index (Phi) is 4.30. The second-order valence-corrected chi connectivity index (χ2v) is 5.57. The van der Waals surface area contributed by atoms with Crippen LogP contribution in [-0.2, 0) is 24.6 Å². The van der Waals surface area contributed by atoms with Gasteiger partial charge in [-0.05, 0) is 25.7 Å². The van der Waals surface area contributed by atoms with E-state index >= 15 is 0 Å². The molecule has 1 saturated heterocycles. The van der Waals surface area contributed by atoms with Crippen LogP contribution in [-0.4, -0.2) is 28.5 Å². The van der Waals surface area contributed by atoms with Crippen LogP contribution < -0.4 is 5.73 Å². The molecule has 1 aromatic heterocycles. The van der Waals surface area contributed by atoms with E-state index in [0.29, 0.717) is 0 Å². The Balaban J connectivity index is 2.19. The maximum absolute atomic E-state index is 6.50. The standard InChI is InChI=1S/C13H22ClN3O/c1-3-10-12(14)11(17(2)16-10)9-13(15)5-4-7-18-8-6-13/h3-9,15H2,1-2H3. The minimum Gasteiger partial charge on any atom is -0.381 e. The largest absolute Gasteiger partial charge is 0.381 e. The average molecular weight is 272 g/mol. The lowest BCUT2D eigenvalue weighted by Gasteiger charge is -2.27. The number of aromatic nitrogens is 2. The van der Waals surface area contributed by atoms with Crippen LogP contribution >= 0.6 is 11.6 Å². The van der Waals surface area contributed by atoms with Crippen LogP contribution in [0.5, 0.6) is 0 Å². The number of nitrogens with two attached hydrogens (primary N) is 1. The van der Waals surface area contributed by atoms with Gasteiger partial charge < -0.3 is 10.5 Å². The van der Waals surface area contributed by atoms with Crippen LogP contribution in [0.2, 0.25) is 5.02 Å². The Morgan fingerprint density at radius 3 is 2.89 bits per heavy atom. The monoisotopic (exact) mass is 271 g/mol. The van der Waals surface area contributed by atoms with Gasteiger partial charge in [0.15, 0.2) is 0 Å². The van der Waals surface area contributed by atoms with Crippen molar-refractivity contribution in [2.75, 3.05) is 13.2 Å². The Morgan fingerprint density at radius 1 is 1.44 bits per heavy atom. The molecule has 1 aliphatic heterocycles. The van der Waals surface area contributed by atoms with Gasteiger partial charge in [-0.25, -0.2) is 0 Å². The Morgan fingerprint density at radius 2 is 2.22 bits per heavy atom. The molecule has 0 radical (unpaired) electrons. The first-order valence-corrected chi connectivity index (χ1v) is 7.00. The van der Waals surface area contributed by atoms with Crippen molar-refractivity contribution in [1.29, 1.82) is 0 Å². The van der Waals surface area contributed by atoms with Crippen molar-refractivity contribution < 1.29 is 4.74 Å². The lowest BCUT2D eigenvalue weighted by atomic mass is 9.87. The van der Waals surface area contributed by atoms with E-state index in [9.17, 15) is 0 Å². The molecular formula is C13H22ClN3O. The van der Waals surface area contributed by atoms with Gasteiger partial charge in [0.05, 0.1) is 16.4 Å². The molecule has 0 saturated carbocycles. The lowest BCUT2D eigenvalue weighted by Crippen LogP contribution is -2.42. The minimum atomic E-state index is -0.209. The maximum atomic E-state index is 6.50. The highest BCUT2D eigenvalue weighted by atomic mass is 35.5. The van der Waals surface area contributed by atoms with Gasteiger partial charge in [-0.2, -0.15) is 5.10 Å². The molecule has 0 aliphatic carbocycles. The summed E-state index contributed by atoms with van der Waals surface area (Å²) >= 11 is 6.38. The van der Waals surface area contributed by atoms with Crippen LogP contribution in [0.4, 0.5) is 0 Å². The van der Waals surface area contributed by atoms with Crippen LogP contribution in [0.25, 0.3) is 0 Å². The SMILES string of the molecule is CCc1nn(C)c(CC2(N)CCCOCC2)c1Cl. The molecule has 2 rings (SSSR count). The summed E-state index contributed by atoms with van der Waals surface area (Å²) in [7, 11) is 1.94. The predicted molar refractivity (Wildman–Crippen MR) is 72.9 cm³/mol. The topological polar surface area (TPSA) is 53.1 Å². The van der Waals surface area contributed by atoms with Gasteiger partial charge in [-0.1, -0.05) is 18.5 Å². The first kappa shape index (κ1) is 13.8. The Hall–Kier alpha value is -0.580. The lowest BCUT2D eigenvalue weighted by molar-refractivity contribution is 0.139. The van der Waals surface area contributed by atoms with Crippen LogP contribution in [0.15, 0.2) is 0 Å². The molecule has 5 heteroatoms. The highest BCUT2D eigenvalue weighted by Crippen LogP contribution is 2.28.